The van der Waals surface area contributed by atoms with Gasteiger partial charge in [-0.3, -0.25) is 9.69 Å². The topological polar surface area (TPSA) is 36.4 Å². The fourth-order valence-electron chi connectivity index (χ4n) is 3.15. The van der Waals surface area contributed by atoms with Crippen LogP contribution in [0.25, 0.3) is 10.2 Å². The Morgan fingerprint density at radius 3 is 2.55 bits per heavy atom. The first-order chi connectivity index (χ1) is 14.1. The molecule has 4 nitrogen and oxygen atoms in total. The molecule has 0 bridgehead atoms. The van der Waals surface area contributed by atoms with Gasteiger partial charge in [-0.15, -0.1) is 11.8 Å². The van der Waals surface area contributed by atoms with Gasteiger partial charge in [0.25, 0.3) is 0 Å². The molecule has 0 spiro atoms. The maximum absolute atomic E-state index is 13.1. The smallest absolute Gasteiger partial charge is 0.229 e. The van der Waals surface area contributed by atoms with E-state index in [9.17, 15) is 4.79 Å². The summed E-state index contributed by atoms with van der Waals surface area (Å²) in [5, 5.41) is 0.812. The number of thioether (sulfide) groups is 1. The van der Waals surface area contributed by atoms with Crippen molar-refractivity contribution in [2.45, 2.75) is 32.1 Å². The number of aromatic nitrogens is 1. The Morgan fingerprint density at radius 1 is 1.07 bits per heavy atom. The number of anilines is 1. The molecule has 0 radical (unpaired) electrons. The number of nitrogens with zero attached hydrogens (tertiary/aromatic N) is 3. The van der Waals surface area contributed by atoms with Crippen LogP contribution in [0.5, 0.6) is 0 Å². The van der Waals surface area contributed by atoms with E-state index in [4.69, 9.17) is 4.98 Å². The molecule has 0 fully saturated rings. The highest BCUT2D eigenvalue weighted by atomic mass is 32.2. The highest BCUT2D eigenvalue weighted by molar-refractivity contribution is 7.99. The van der Waals surface area contributed by atoms with Crippen molar-refractivity contribution in [2.75, 3.05) is 36.8 Å². The number of aryl methyl sites for hydroxylation is 1. The number of hydrogen-bond donors (Lipinski definition) is 0. The molecule has 0 atom stereocenters. The number of hydrogen-bond acceptors (Lipinski definition) is 5. The largest absolute Gasteiger partial charge is 0.302 e. The van der Waals surface area contributed by atoms with E-state index in [1.54, 1.807) is 23.1 Å². The number of benzene rings is 2. The van der Waals surface area contributed by atoms with E-state index in [2.05, 4.69) is 49.9 Å². The van der Waals surface area contributed by atoms with Gasteiger partial charge in [0, 0.05) is 30.2 Å². The molecule has 3 aromatic rings. The number of carbonyl (C=O) groups excluding carboxylic acids is 1. The van der Waals surface area contributed by atoms with Crippen LogP contribution in [0.15, 0.2) is 53.4 Å². The minimum Gasteiger partial charge on any atom is -0.302 e. The van der Waals surface area contributed by atoms with Crippen LogP contribution >= 0.6 is 23.1 Å². The highest BCUT2D eigenvalue weighted by Gasteiger charge is 2.20. The molecule has 154 valence electrons. The second-order valence-corrected chi connectivity index (χ2v) is 9.13. The second-order valence-electron chi connectivity index (χ2n) is 6.95. The molecular formula is C23H29N3OS2. The number of likely N-dealkylation sites (N-methyl/N-ethyl adjacent to an activating group) is 1. The monoisotopic (exact) mass is 427 g/mol. The maximum atomic E-state index is 13.1. The number of thiazole rings is 1. The number of rotatable bonds is 10. The average Bonchev–Trinajstić information content (AvgIpc) is 3.14. The van der Waals surface area contributed by atoms with Gasteiger partial charge in [-0.05, 0) is 49.8 Å². The van der Waals surface area contributed by atoms with Crippen LogP contribution in [-0.4, -0.2) is 47.7 Å². The summed E-state index contributed by atoms with van der Waals surface area (Å²) in [5.41, 5.74) is 2.18. The quantitative estimate of drug-likeness (QED) is 0.403. The van der Waals surface area contributed by atoms with Crippen molar-refractivity contribution in [1.82, 2.24) is 9.88 Å². The molecule has 0 saturated carbocycles. The molecule has 0 N–H and O–H groups in total. The van der Waals surface area contributed by atoms with Crippen LogP contribution < -0.4 is 4.90 Å². The molecule has 0 aliphatic heterocycles. The second kappa shape index (κ2) is 10.8. The van der Waals surface area contributed by atoms with Gasteiger partial charge in [0.1, 0.15) is 0 Å². The van der Waals surface area contributed by atoms with Crippen LogP contribution in [0.4, 0.5) is 5.13 Å². The summed E-state index contributed by atoms with van der Waals surface area (Å²) in [4.78, 5) is 23.3. The number of fused-ring (bicyclic) bond motifs is 1. The lowest BCUT2D eigenvalue weighted by atomic mass is 10.2. The van der Waals surface area contributed by atoms with Crippen molar-refractivity contribution in [3.05, 3.63) is 54.1 Å². The molecule has 29 heavy (non-hydrogen) atoms. The van der Waals surface area contributed by atoms with Gasteiger partial charge >= 0.3 is 0 Å². The van der Waals surface area contributed by atoms with Gasteiger partial charge in [-0.1, -0.05) is 49.4 Å². The zero-order valence-corrected chi connectivity index (χ0v) is 19.1. The van der Waals surface area contributed by atoms with Gasteiger partial charge in [-0.25, -0.2) is 4.98 Å². The van der Waals surface area contributed by atoms with Crippen molar-refractivity contribution in [2.24, 2.45) is 0 Å². The zero-order chi connectivity index (χ0) is 20.6. The van der Waals surface area contributed by atoms with E-state index in [0.717, 1.165) is 40.7 Å². The van der Waals surface area contributed by atoms with E-state index in [0.29, 0.717) is 13.0 Å². The normalized spacial score (nSPS) is 11.3. The number of amides is 1. The van der Waals surface area contributed by atoms with Crippen molar-refractivity contribution in [3.63, 3.8) is 0 Å². The Kier molecular flexibility index (Phi) is 8.09. The first-order valence-corrected chi connectivity index (χ1v) is 12.0. The molecule has 0 aliphatic rings. The molecule has 0 unspecified atom stereocenters. The summed E-state index contributed by atoms with van der Waals surface area (Å²) < 4.78 is 1.14. The summed E-state index contributed by atoms with van der Waals surface area (Å²) in [7, 11) is 0. The SMILES string of the molecule is CCN(CC)CCN(C(=O)CCSc1ccccc1)c1nc2ccc(C)cc2s1. The molecule has 3 rings (SSSR count). The summed E-state index contributed by atoms with van der Waals surface area (Å²) in [6, 6.07) is 16.5. The lowest BCUT2D eigenvalue weighted by Crippen LogP contribution is -2.39. The summed E-state index contributed by atoms with van der Waals surface area (Å²) in [6.45, 7) is 9.92. The summed E-state index contributed by atoms with van der Waals surface area (Å²) in [5.74, 6) is 0.922. The number of carbonyl (C=O) groups is 1. The van der Waals surface area contributed by atoms with Crippen molar-refractivity contribution >= 4 is 44.4 Å². The minimum absolute atomic E-state index is 0.149. The van der Waals surface area contributed by atoms with Gasteiger partial charge in [0.05, 0.1) is 10.2 Å². The third kappa shape index (κ3) is 6.04. The van der Waals surface area contributed by atoms with Crippen LogP contribution in [0.2, 0.25) is 0 Å². The van der Waals surface area contributed by atoms with E-state index in [1.165, 1.54) is 10.5 Å². The summed E-state index contributed by atoms with van der Waals surface area (Å²) >= 11 is 3.34. The van der Waals surface area contributed by atoms with Crippen LogP contribution in [-0.2, 0) is 4.79 Å². The Labute approximate surface area is 181 Å². The fourth-order valence-corrected chi connectivity index (χ4v) is 5.12. The Hall–Kier alpha value is -1.89. The zero-order valence-electron chi connectivity index (χ0n) is 17.4. The Balaban J connectivity index is 1.72. The molecule has 0 saturated heterocycles. The Morgan fingerprint density at radius 2 is 1.83 bits per heavy atom. The third-order valence-electron chi connectivity index (χ3n) is 4.93. The van der Waals surface area contributed by atoms with Crippen LogP contribution in [0.1, 0.15) is 25.8 Å². The first kappa shape index (κ1) is 21.8. The van der Waals surface area contributed by atoms with Crippen LogP contribution in [0, 0.1) is 6.92 Å². The maximum Gasteiger partial charge on any atom is 0.229 e. The lowest BCUT2D eigenvalue weighted by molar-refractivity contribution is -0.118. The van der Waals surface area contributed by atoms with Crippen molar-refractivity contribution in [1.29, 1.82) is 0 Å². The molecule has 1 amide bonds. The standard InChI is InChI=1S/C23H29N3OS2/c1-4-25(5-2)14-15-26(22(27)13-16-28-19-9-7-6-8-10-19)23-24-20-12-11-18(3)17-21(20)29-23/h6-12,17H,4-5,13-16H2,1-3H3. The highest BCUT2D eigenvalue weighted by Crippen LogP contribution is 2.30. The van der Waals surface area contributed by atoms with E-state index < -0.39 is 0 Å². The van der Waals surface area contributed by atoms with E-state index in [1.807, 2.05) is 29.2 Å². The fraction of sp³-hybridized carbons (Fsp3) is 0.391. The average molecular weight is 428 g/mol. The van der Waals surface area contributed by atoms with Gasteiger partial charge < -0.3 is 4.90 Å². The van der Waals surface area contributed by atoms with E-state index >= 15 is 0 Å². The first-order valence-electron chi connectivity index (χ1n) is 10.2. The third-order valence-corrected chi connectivity index (χ3v) is 6.98. The van der Waals surface area contributed by atoms with Gasteiger partial charge in [-0.2, -0.15) is 0 Å². The van der Waals surface area contributed by atoms with Crippen molar-refractivity contribution < 1.29 is 4.79 Å². The molecule has 1 heterocycles. The van der Waals surface area contributed by atoms with Gasteiger partial charge in [0.15, 0.2) is 5.13 Å². The van der Waals surface area contributed by atoms with Crippen LogP contribution in [0.3, 0.4) is 0 Å². The summed E-state index contributed by atoms with van der Waals surface area (Å²) in [6.07, 6.45) is 0.507. The predicted octanol–water partition coefficient (Wildman–Crippen LogP) is 5.46. The predicted molar refractivity (Wildman–Crippen MR) is 126 cm³/mol. The van der Waals surface area contributed by atoms with Gasteiger partial charge in [0.2, 0.25) is 5.91 Å². The Bertz CT molecular complexity index is 922. The molecule has 1 aromatic heterocycles. The van der Waals surface area contributed by atoms with E-state index in [-0.39, 0.29) is 5.91 Å². The molecule has 0 aliphatic carbocycles. The molecule has 6 heteroatoms. The lowest BCUT2D eigenvalue weighted by Gasteiger charge is -2.24. The molecule has 2 aromatic carbocycles. The minimum atomic E-state index is 0.149. The molecular weight excluding hydrogens is 398 g/mol. The van der Waals surface area contributed by atoms with Crippen molar-refractivity contribution in [3.8, 4) is 0 Å².